The maximum absolute atomic E-state index is 12.4. The van der Waals surface area contributed by atoms with Crippen molar-refractivity contribution < 1.29 is 14.3 Å². The molecular weight excluding hydrogens is 256 g/mol. The first-order chi connectivity index (χ1) is 9.12. The van der Waals surface area contributed by atoms with E-state index in [2.05, 4.69) is 19.2 Å². The fourth-order valence-corrected chi connectivity index (χ4v) is 2.69. The van der Waals surface area contributed by atoms with E-state index in [1.54, 1.807) is 4.90 Å². The molecule has 114 valence electrons. The number of nitrogens with one attached hydrogen (secondary N) is 1. The van der Waals surface area contributed by atoms with Crippen molar-refractivity contribution in [3.8, 4) is 0 Å². The Morgan fingerprint density at radius 2 is 1.95 bits per heavy atom. The quantitative estimate of drug-likeness (QED) is 0.845. The maximum atomic E-state index is 12.4. The Balaban J connectivity index is 1.96. The second kappa shape index (κ2) is 4.93. The minimum absolute atomic E-state index is 0.0415. The van der Waals surface area contributed by atoms with Gasteiger partial charge in [-0.3, -0.25) is 9.69 Å². The third-order valence-corrected chi connectivity index (χ3v) is 4.25. The number of hydrogen-bond acceptors (Lipinski definition) is 3. The van der Waals surface area contributed by atoms with Gasteiger partial charge in [0.25, 0.3) is 0 Å². The summed E-state index contributed by atoms with van der Waals surface area (Å²) >= 11 is 0. The normalized spacial score (nSPS) is 33.0. The van der Waals surface area contributed by atoms with Gasteiger partial charge in [0.15, 0.2) is 0 Å². The van der Waals surface area contributed by atoms with Crippen LogP contribution in [0.5, 0.6) is 0 Å². The number of rotatable bonds is 2. The number of likely N-dealkylation sites (tertiary alicyclic amines) is 1. The Morgan fingerprint density at radius 3 is 2.45 bits per heavy atom. The van der Waals surface area contributed by atoms with Gasteiger partial charge in [0.2, 0.25) is 5.91 Å². The lowest BCUT2D eigenvalue weighted by molar-refractivity contribution is -0.126. The van der Waals surface area contributed by atoms with Gasteiger partial charge in [-0.15, -0.1) is 0 Å². The molecule has 20 heavy (non-hydrogen) atoms. The van der Waals surface area contributed by atoms with Crippen LogP contribution < -0.4 is 5.32 Å². The van der Waals surface area contributed by atoms with E-state index >= 15 is 0 Å². The zero-order valence-corrected chi connectivity index (χ0v) is 13.2. The summed E-state index contributed by atoms with van der Waals surface area (Å²) < 4.78 is 5.38. The lowest BCUT2D eigenvalue weighted by atomic mass is 10.1. The van der Waals surface area contributed by atoms with Gasteiger partial charge in [-0.1, -0.05) is 6.92 Å². The Kier molecular flexibility index (Phi) is 3.73. The molecule has 2 fully saturated rings. The summed E-state index contributed by atoms with van der Waals surface area (Å²) in [5, 5.41) is 3.08. The molecule has 2 amide bonds. The molecule has 0 aromatic carbocycles. The molecule has 1 N–H and O–H groups in total. The van der Waals surface area contributed by atoms with E-state index in [1.165, 1.54) is 0 Å². The fourth-order valence-electron chi connectivity index (χ4n) is 2.69. The van der Waals surface area contributed by atoms with E-state index in [1.807, 2.05) is 20.8 Å². The molecule has 0 aromatic heterocycles. The van der Waals surface area contributed by atoms with Gasteiger partial charge in [0, 0.05) is 12.1 Å². The Labute approximate surface area is 121 Å². The molecule has 0 spiro atoms. The molecule has 1 heterocycles. The van der Waals surface area contributed by atoms with Gasteiger partial charge in [-0.2, -0.15) is 0 Å². The van der Waals surface area contributed by atoms with E-state index in [4.69, 9.17) is 4.74 Å². The summed E-state index contributed by atoms with van der Waals surface area (Å²) in [5.74, 6) is 0.475. The summed E-state index contributed by atoms with van der Waals surface area (Å²) in [4.78, 5) is 26.1. The minimum Gasteiger partial charge on any atom is -0.444 e. The number of hydrogen-bond donors (Lipinski definition) is 1. The van der Waals surface area contributed by atoms with Crippen LogP contribution in [0.15, 0.2) is 0 Å². The van der Waals surface area contributed by atoms with Gasteiger partial charge in [0.1, 0.15) is 11.6 Å². The van der Waals surface area contributed by atoms with Crippen molar-refractivity contribution in [1.29, 1.82) is 0 Å². The number of amides is 2. The molecule has 5 nitrogen and oxygen atoms in total. The van der Waals surface area contributed by atoms with Crippen LogP contribution in [-0.4, -0.2) is 40.6 Å². The van der Waals surface area contributed by atoms with Crippen LogP contribution in [0.3, 0.4) is 0 Å². The molecule has 0 aromatic rings. The van der Waals surface area contributed by atoms with E-state index in [-0.39, 0.29) is 23.6 Å². The summed E-state index contributed by atoms with van der Waals surface area (Å²) in [6.07, 6.45) is 2.20. The van der Waals surface area contributed by atoms with Gasteiger partial charge in [-0.05, 0) is 52.9 Å². The Bertz CT molecular complexity index is 416. The third kappa shape index (κ3) is 3.25. The van der Waals surface area contributed by atoms with E-state index in [9.17, 15) is 9.59 Å². The van der Waals surface area contributed by atoms with Crippen LogP contribution in [0.25, 0.3) is 0 Å². The number of carbonyl (C=O) groups excluding carboxylic acids is 2. The van der Waals surface area contributed by atoms with Crippen LogP contribution >= 0.6 is 0 Å². The molecular formula is C15H26N2O3. The van der Waals surface area contributed by atoms with E-state index in [0.29, 0.717) is 12.5 Å². The summed E-state index contributed by atoms with van der Waals surface area (Å²) in [6.45, 7) is 10.3. The van der Waals surface area contributed by atoms with Gasteiger partial charge in [-0.25, -0.2) is 4.79 Å². The van der Waals surface area contributed by atoms with Crippen molar-refractivity contribution in [3.05, 3.63) is 0 Å². The minimum atomic E-state index is -0.530. The second-order valence-corrected chi connectivity index (χ2v) is 7.34. The molecule has 2 aliphatic rings. The predicted molar refractivity (Wildman–Crippen MR) is 76.3 cm³/mol. The van der Waals surface area contributed by atoms with Crippen molar-refractivity contribution in [2.75, 3.05) is 6.54 Å². The van der Waals surface area contributed by atoms with Crippen molar-refractivity contribution in [3.63, 3.8) is 0 Å². The van der Waals surface area contributed by atoms with Crippen LogP contribution in [0.1, 0.15) is 53.9 Å². The van der Waals surface area contributed by atoms with Crippen LogP contribution in [0, 0.1) is 5.92 Å². The summed E-state index contributed by atoms with van der Waals surface area (Å²) in [5.41, 5.74) is -0.614. The largest absolute Gasteiger partial charge is 0.444 e. The Morgan fingerprint density at radius 1 is 1.35 bits per heavy atom. The van der Waals surface area contributed by atoms with E-state index in [0.717, 1.165) is 19.3 Å². The van der Waals surface area contributed by atoms with Crippen molar-refractivity contribution >= 4 is 12.0 Å². The smallest absolute Gasteiger partial charge is 0.410 e. The average Bonchev–Trinajstić information content (AvgIpc) is 2.76. The van der Waals surface area contributed by atoms with Crippen molar-refractivity contribution in [2.24, 2.45) is 5.92 Å². The molecule has 0 radical (unpaired) electrons. The molecule has 1 saturated carbocycles. The first-order valence-electron chi connectivity index (χ1n) is 7.44. The Hall–Kier alpha value is -1.26. The molecule has 3 atom stereocenters. The molecule has 1 aliphatic carbocycles. The van der Waals surface area contributed by atoms with Crippen LogP contribution in [-0.2, 0) is 9.53 Å². The highest BCUT2D eigenvalue weighted by Crippen LogP contribution is 2.42. The SMILES string of the molecule is CC1CC1(C)NC(=O)C1CCCN1C(=O)OC(C)(C)C. The maximum Gasteiger partial charge on any atom is 0.410 e. The molecule has 3 unspecified atom stereocenters. The molecule has 1 aliphatic heterocycles. The second-order valence-electron chi connectivity index (χ2n) is 7.34. The van der Waals surface area contributed by atoms with Gasteiger partial charge in [0.05, 0.1) is 0 Å². The summed E-state index contributed by atoms with van der Waals surface area (Å²) in [7, 11) is 0. The lowest BCUT2D eigenvalue weighted by Crippen LogP contribution is -2.50. The first kappa shape index (κ1) is 15.1. The molecule has 0 bridgehead atoms. The standard InChI is InChI=1S/C15H26N2O3/c1-10-9-15(10,5)16-12(18)11-7-6-8-17(11)13(19)20-14(2,3)4/h10-11H,6-9H2,1-5H3,(H,16,18). The monoisotopic (exact) mass is 282 g/mol. The number of nitrogens with zero attached hydrogens (tertiary/aromatic N) is 1. The zero-order valence-electron chi connectivity index (χ0n) is 13.2. The lowest BCUT2D eigenvalue weighted by Gasteiger charge is -2.28. The molecule has 1 saturated heterocycles. The number of ether oxygens (including phenoxy) is 1. The molecule has 5 heteroatoms. The van der Waals surface area contributed by atoms with Crippen molar-refractivity contribution in [1.82, 2.24) is 10.2 Å². The highest BCUT2D eigenvalue weighted by Gasteiger charge is 2.49. The zero-order chi connectivity index (χ0) is 15.1. The van der Waals surface area contributed by atoms with Gasteiger partial charge < -0.3 is 10.1 Å². The summed E-state index contributed by atoms with van der Waals surface area (Å²) in [6, 6.07) is -0.380. The molecule has 2 rings (SSSR count). The first-order valence-corrected chi connectivity index (χ1v) is 7.44. The highest BCUT2D eigenvalue weighted by molar-refractivity contribution is 5.87. The average molecular weight is 282 g/mol. The number of carbonyl (C=O) groups is 2. The fraction of sp³-hybridized carbons (Fsp3) is 0.867. The topological polar surface area (TPSA) is 58.6 Å². The predicted octanol–water partition coefficient (Wildman–Crippen LogP) is 2.30. The van der Waals surface area contributed by atoms with Gasteiger partial charge >= 0.3 is 6.09 Å². The van der Waals surface area contributed by atoms with Crippen LogP contribution in [0.2, 0.25) is 0 Å². The van der Waals surface area contributed by atoms with Crippen LogP contribution in [0.4, 0.5) is 4.79 Å². The highest BCUT2D eigenvalue weighted by atomic mass is 16.6. The third-order valence-electron chi connectivity index (χ3n) is 4.25. The van der Waals surface area contributed by atoms with Crippen molar-refractivity contribution in [2.45, 2.75) is 71.1 Å². The van der Waals surface area contributed by atoms with E-state index < -0.39 is 5.60 Å².